The highest BCUT2D eigenvalue weighted by Crippen LogP contribution is 2.31. The lowest BCUT2D eigenvalue weighted by Gasteiger charge is -2.14. The Morgan fingerprint density at radius 1 is 1.14 bits per heavy atom. The largest absolute Gasteiger partial charge is 0.490 e. The van der Waals surface area contributed by atoms with Crippen LogP contribution in [-0.2, 0) is 6.42 Å². The van der Waals surface area contributed by atoms with Gasteiger partial charge in [0, 0.05) is 6.42 Å². The average Bonchev–Trinajstić information content (AvgIpc) is 2.98. The van der Waals surface area contributed by atoms with Crippen molar-refractivity contribution in [2.24, 2.45) is 5.73 Å². The summed E-state index contributed by atoms with van der Waals surface area (Å²) in [6.07, 6.45) is 0.799. The Morgan fingerprint density at radius 2 is 1.86 bits per heavy atom. The van der Waals surface area contributed by atoms with Crippen LogP contribution in [0.3, 0.4) is 0 Å². The minimum absolute atomic E-state index is 0.392. The molecule has 2 aromatic rings. The summed E-state index contributed by atoms with van der Waals surface area (Å²) in [6, 6.07) is 5.29. The predicted molar refractivity (Wildman–Crippen MR) is 80.6 cm³/mol. The Labute approximate surface area is 124 Å². The van der Waals surface area contributed by atoms with E-state index < -0.39 is 6.04 Å². The molecule has 6 heteroatoms. The molecule has 0 fully saturated rings. The van der Waals surface area contributed by atoms with Gasteiger partial charge in [-0.2, -0.15) is 5.10 Å². The molecular formula is C15H22N4O2. The molecule has 0 aliphatic heterocycles. The van der Waals surface area contributed by atoms with Gasteiger partial charge in [0.2, 0.25) is 0 Å². The van der Waals surface area contributed by atoms with E-state index in [2.05, 4.69) is 15.2 Å². The number of hydrogen-bond donors (Lipinski definition) is 2. The number of aromatic nitrogens is 3. The highest BCUT2D eigenvalue weighted by Gasteiger charge is 2.16. The molecule has 0 radical (unpaired) electrons. The van der Waals surface area contributed by atoms with Crippen molar-refractivity contribution in [3.63, 3.8) is 0 Å². The van der Waals surface area contributed by atoms with Gasteiger partial charge in [0.05, 0.1) is 19.3 Å². The van der Waals surface area contributed by atoms with E-state index in [0.29, 0.717) is 24.8 Å². The van der Waals surface area contributed by atoms with Gasteiger partial charge in [0.1, 0.15) is 5.82 Å². The van der Waals surface area contributed by atoms with Crippen molar-refractivity contribution in [3.8, 4) is 11.5 Å². The molecule has 0 bridgehead atoms. The minimum atomic E-state index is -0.392. The Balaban J connectivity index is 2.27. The van der Waals surface area contributed by atoms with Gasteiger partial charge in [-0.25, -0.2) is 4.98 Å². The molecule has 0 amide bonds. The van der Waals surface area contributed by atoms with Gasteiger partial charge in [0.25, 0.3) is 0 Å². The fourth-order valence-electron chi connectivity index (χ4n) is 2.02. The summed E-state index contributed by atoms with van der Waals surface area (Å²) in [5.74, 6) is 2.83. The van der Waals surface area contributed by atoms with E-state index in [1.165, 1.54) is 0 Å². The molecule has 0 aliphatic carbocycles. The molecule has 2 rings (SSSR count). The molecule has 3 N–H and O–H groups in total. The number of benzene rings is 1. The van der Waals surface area contributed by atoms with Gasteiger partial charge in [-0.1, -0.05) is 13.0 Å². The number of nitrogens with one attached hydrogen (secondary N) is 1. The third-order valence-corrected chi connectivity index (χ3v) is 3.09. The first-order chi connectivity index (χ1) is 10.2. The lowest BCUT2D eigenvalue weighted by atomic mass is 10.1. The SMILES string of the molecule is CCOc1ccc(C(N)c2n[nH]c(CC)n2)cc1OCC. The molecule has 0 aliphatic rings. The average molecular weight is 290 g/mol. The topological polar surface area (TPSA) is 86.0 Å². The van der Waals surface area contributed by atoms with E-state index in [1.807, 2.05) is 39.0 Å². The van der Waals surface area contributed by atoms with Gasteiger partial charge >= 0.3 is 0 Å². The number of H-pyrrole nitrogens is 1. The molecule has 6 nitrogen and oxygen atoms in total. The lowest BCUT2D eigenvalue weighted by molar-refractivity contribution is 0.287. The first kappa shape index (κ1) is 15.3. The molecule has 21 heavy (non-hydrogen) atoms. The van der Waals surface area contributed by atoms with Gasteiger partial charge in [-0.3, -0.25) is 5.10 Å². The zero-order chi connectivity index (χ0) is 15.2. The second-order valence-corrected chi connectivity index (χ2v) is 4.54. The summed E-state index contributed by atoms with van der Waals surface area (Å²) in [4.78, 5) is 4.38. The van der Waals surface area contributed by atoms with Crippen LogP contribution >= 0.6 is 0 Å². The van der Waals surface area contributed by atoms with Crippen molar-refractivity contribution in [1.29, 1.82) is 0 Å². The molecular weight excluding hydrogens is 268 g/mol. The molecule has 1 heterocycles. The lowest BCUT2D eigenvalue weighted by Crippen LogP contribution is -2.14. The van der Waals surface area contributed by atoms with Crippen LogP contribution in [0.4, 0.5) is 0 Å². The van der Waals surface area contributed by atoms with Crippen LogP contribution in [0.2, 0.25) is 0 Å². The van der Waals surface area contributed by atoms with Crippen LogP contribution in [-0.4, -0.2) is 28.4 Å². The third kappa shape index (κ3) is 3.52. The van der Waals surface area contributed by atoms with E-state index in [9.17, 15) is 0 Å². The van der Waals surface area contributed by atoms with Crippen LogP contribution in [0.25, 0.3) is 0 Å². The van der Waals surface area contributed by atoms with Crippen molar-refractivity contribution in [2.75, 3.05) is 13.2 Å². The fraction of sp³-hybridized carbons (Fsp3) is 0.467. The number of nitrogens with zero attached hydrogens (tertiary/aromatic N) is 2. The normalized spacial score (nSPS) is 12.2. The standard InChI is InChI=1S/C15H22N4O2/c1-4-13-17-15(19-18-13)14(16)10-7-8-11(20-5-2)12(9-10)21-6-3/h7-9,14H,4-6,16H2,1-3H3,(H,17,18,19). The monoisotopic (exact) mass is 290 g/mol. The molecule has 1 unspecified atom stereocenters. The number of hydrogen-bond acceptors (Lipinski definition) is 5. The Bertz CT molecular complexity index is 583. The number of nitrogens with two attached hydrogens (primary N) is 1. The van der Waals surface area contributed by atoms with Gasteiger partial charge in [-0.15, -0.1) is 0 Å². The van der Waals surface area contributed by atoms with Crippen molar-refractivity contribution in [3.05, 3.63) is 35.4 Å². The number of aryl methyl sites for hydroxylation is 1. The van der Waals surface area contributed by atoms with Crippen LogP contribution in [0, 0.1) is 0 Å². The maximum Gasteiger partial charge on any atom is 0.171 e. The highest BCUT2D eigenvalue weighted by molar-refractivity contribution is 5.44. The Hall–Kier alpha value is -2.08. The molecule has 1 atom stereocenters. The summed E-state index contributed by atoms with van der Waals surface area (Å²) in [5, 5.41) is 7.05. The summed E-state index contributed by atoms with van der Waals surface area (Å²) < 4.78 is 11.2. The fourth-order valence-corrected chi connectivity index (χ4v) is 2.02. The summed E-state index contributed by atoms with van der Waals surface area (Å²) in [7, 11) is 0. The molecule has 0 spiro atoms. The second-order valence-electron chi connectivity index (χ2n) is 4.54. The van der Waals surface area contributed by atoms with Crippen LogP contribution < -0.4 is 15.2 Å². The van der Waals surface area contributed by atoms with E-state index in [1.54, 1.807) is 0 Å². The van der Waals surface area contributed by atoms with Gasteiger partial charge in [-0.05, 0) is 31.5 Å². The Morgan fingerprint density at radius 3 is 2.48 bits per heavy atom. The van der Waals surface area contributed by atoms with E-state index >= 15 is 0 Å². The van der Waals surface area contributed by atoms with Gasteiger partial charge in [0.15, 0.2) is 17.3 Å². The van der Waals surface area contributed by atoms with E-state index in [-0.39, 0.29) is 0 Å². The third-order valence-electron chi connectivity index (χ3n) is 3.09. The zero-order valence-corrected chi connectivity index (χ0v) is 12.7. The minimum Gasteiger partial charge on any atom is -0.490 e. The first-order valence-corrected chi connectivity index (χ1v) is 7.25. The Kier molecular flexibility index (Phi) is 5.16. The highest BCUT2D eigenvalue weighted by atomic mass is 16.5. The summed E-state index contributed by atoms with van der Waals surface area (Å²) in [6.45, 7) is 7.05. The molecule has 114 valence electrons. The maximum atomic E-state index is 6.23. The van der Waals surface area contributed by atoms with Crippen LogP contribution in [0.5, 0.6) is 11.5 Å². The number of aromatic amines is 1. The molecule has 0 saturated carbocycles. The zero-order valence-electron chi connectivity index (χ0n) is 12.7. The molecule has 1 aromatic heterocycles. The van der Waals surface area contributed by atoms with Crippen molar-refractivity contribution in [1.82, 2.24) is 15.2 Å². The molecule has 1 aromatic carbocycles. The van der Waals surface area contributed by atoms with Gasteiger partial charge < -0.3 is 15.2 Å². The summed E-state index contributed by atoms with van der Waals surface area (Å²) >= 11 is 0. The second kappa shape index (κ2) is 7.08. The van der Waals surface area contributed by atoms with E-state index in [4.69, 9.17) is 15.2 Å². The predicted octanol–water partition coefficient (Wildman–Crippen LogP) is 2.21. The first-order valence-electron chi connectivity index (χ1n) is 7.25. The van der Waals surface area contributed by atoms with E-state index in [0.717, 1.165) is 23.6 Å². The smallest absolute Gasteiger partial charge is 0.171 e. The van der Waals surface area contributed by atoms with Crippen LogP contribution in [0.1, 0.15) is 44.0 Å². The maximum absolute atomic E-state index is 6.23. The van der Waals surface area contributed by atoms with Crippen LogP contribution in [0.15, 0.2) is 18.2 Å². The summed E-state index contributed by atoms with van der Waals surface area (Å²) in [5.41, 5.74) is 7.12. The van der Waals surface area contributed by atoms with Crippen molar-refractivity contribution < 1.29 is 9.47 Å². The van der Waals surface area contributed by atoms with Crippen molar-refractivity contribution in [2.45, 2.75) is 33.2 Å². The number of rotatable bonds is 7. The van der Waals surface area contributed by atoms with Crippen molar-refractivity contribution >= 4 is 0 Å². The number of ether oxygens (including phenoxy) is 2. The molecule has 0 saturated heterocycles. The quantitative estimate of drug-likeness (QED) is 0.816.